The fourth-order valence-corrected chi connectivity index (χ4v) is 3.97. The van der Waals surface area contributed by atoms with E-state index in [2.05, 4.69) is 0 Å². The van der Waals surface area contributed by atoms with Crippen LogP contribution in [0.3, 0.4) is 0 Å². The number of para-hydroxylation sites is 1. The number of fused-ring (bicyclic) bond motifs is 1. The van der Waals surface area contributed by atoms with Crippen molar-refractivity contribution < 1.29 is 4.79 Å². The zero-order valence-electron chi connectivity index (χ0n) is 14.1. The fraction of sp³-hybridized carbons (Fsp3) is 0.263. The Kier molecular flexibility index (Phi) is 7.01. The molecule has 138 valence electrons. The normalized spacial score (nSPS) is 16.2. The monoisotopic (exact) mass is 409 g/mol. The van der Waals surface area contributed by atoms with Crippen molar-refractivity contribution in [1.82, 2.24) is 9.88 Å². The van der Waals surface area contributed by atoms with E-state index >= 15 is 0 Å². The number of aromatic nitrogens is 1. The molecule has 2 N–H and O–H groups in total. The SMILES string of the molecule is Cl.Cl.NCC1CCN(C(=O)c2cc(-c3cccs3)nc3ccccc23)C1. The first-order chi connectivity index (χ1) is 11.8. The Labute approximate surface area is 169 Å². The molecule has 7 heteroatoms. The molecular weight excluding hydrogens is 389 g/mol. The van der Waals surface area contributed by atoms with Crippen LogP contribution in [0.5, 0.6) is 0 Å². The predicted octanol–water partition coefficient (Wildman–Crippen LogP) is 4.23. The van der Waals surface area contributed by atoms with Gasteiger partial charge in [-0.15, -0.1) is 36.2 Å². The maximum atomic E-state index is 13.1. The van der Waals surface area contributed by atoms with Crippen LogP contribution in [0.4, 0.5) is 0 Å². The third kappa shape index (κ3) is 3.86. The molecule has 1 aliphatic heterocycles. The van der Waals surface area contributed by atoms with Gasteiger partial charge in [-0.05, 0) is 42.5 Å². The number of halogens is 2. The summed E-state index contributed by atoms with van der Waals surface area (Å²) in [5.41, 5.74) is 8.23. The highest BCUT2D eigenvalue weighted by Crippen LogP contribution is 2.29. The molecular formula is C19H21Cl2N3OS. The third-order valence-electron chi connectivity index (χ3n) is 4.63. The second-order valence-electron chi connectivity index (χ2n) is 6.19. The molecule has 0 saturated carbocycles. The maximum Gasteiger partial charge on any atom is 0.254 e. The van der Waals surface area contributed by atoms with Crippen molar-refractivity contribution in [3.63, 3.8) is 0 Å². The van der Waals surface area contributed by atoms with Gasteiger partial charge in [0.15, 0.2) is 0 Å². The van der Waals surface area contributed by atoms with Gasteiger partial charge in [-0.3, -0.25) is 4.79 Å². The summed E-state index contributed by atoms with van der Waals surface area (Å²) in [6.07, 6.45) is 0.989. The maximum absolute atomic E-state index is 13.1. The summed E-state index contributed by atoms with van der Waals surface area (Å²) in [7, 11) is 0. The topological polar surface area (TPSA) is 59.2 Å². The summed E-state index contributed by atoms with van der Waals surface area (Å²) >= 11 is 1.64. The number of hydrogen-bond acceptors (Lipinski definition) is 4. The lowest BCUT2D eigenvalue weighted by Gasteiger charge is -2.18. The zero-order chi connectivity index (χ0) is 16.5. The minimum Gasteiger partial charge on any atom is -0.338 e. The van der Waals surface area contributed by atoms with Gasteiger partial charge < -0.3 is 10.6 Å². The molecule has 1 fully saturated rings. The van der Waals surface area contributed by atoms with Crippen LogP contribution in [0.25, 0.3) is 21.5 Å². The first-order valence-corrected chi connectivity index (χ1v) is 9.07. The van der Waals surface area contributed by atoms with Gasteiger partial charge in [-0.2, -0.15) is 0 Å². The van der Waals surface area contributed by atoms with Crippen LogP contribution in [-0.4, -0.2) is 35.4 Å². The van der Waals surface area contributed by atoms with Crippen LogP contribution in [0.15, 0.2) is 47.8 Å². The second kappa shape index (κ2) is 8.82. The molecule has 4 rings (SSSR count). The second-order valence-corrected chi connectivity index (χ2v) is 7.14. The molecule has 1 atom stereocenters. The van der Waals surface area contributed by atoms with Crippen molar-refractivity contribution in [2.24, 2.45) is 11.7 Å². The van der Waals surface area contributed by atoms with E-state index in [-0.39, 0.29) is 30.7 Å². The Bertz CT molecular complexity index is 886. The third-order valence-corrected chi connectivity index (χ3v) is 5.52. The molecule has 1 aromatic carbocycles. The standard InChI is InChI=1S/C19H19N3OS.2ClH/c20-11-13-7-8-22(12-13)19(23)15-10-17(18-6-3-9-24-18)21-16-5-2-1-4-14(15)16;;/h1-6,9-10,13H,7-8,11-12,20H2;2*1H. The van der Waals surface area contributed by atoms with Crippen LogP contribution in [0.1, 0.15) is 16.8 Å². The number of hydrogen-bond donors (Lipinski definition) is 1. The number of amides is 1. The molecule has 1 unspecified atom stereocenters. The van der Waals surface area contributed by atoms with Gasteiger partial charge in [0.25, 0.3) is 5.91 Å². The largest absolute Gasteiger partial charge is 0.338 e. The number of carbonyl (C=O) groups is 1. The molecule has 1 aliphatic rings. The van der Waals surface area contributed by atoms with Crippen molar-refractivity contribution in [2.45, 2.75) is 6.42 Å². The molecule has 0 radical (unpaired) electrons. The predicted molar refractivity (Wildman–Crippen MR) is 113 cm³/mol. The van der Waals surface area contributed by atoms with Crippen LogP contribution >= 0.6 is 36.2 Å². The number of pyridine rings is 1. The van der Waals surface area contributed by atoms with E-state index in [1.54, 1.807) is 11.3 Å². The summed E-state index contributed by atoms with van der Waals surface area (Å²) < 4.78 is 0. The van der Waals surface area contributed by atoms with E-state index < -0.39 is 0 Å². The number of thiophene rings is 1. The Balaban J connectivity index is 0.00000121. The van der Waals surface area contributed by atoms with Crippen molar-refractivity contribution in [3.8, 4) is 10.6 Å². The van der Waals surface area contributed by atoms with E-state index in [1.165, 1.54) is 0 Å². The van der Waals surface area contributed by atoms with E-state index in [4.69, 9.17) is 10.7 Å². The average molecular weight is 410 g/mol. The molecule has 1 amide bonds. The number of likely N-dealkylation sites (tertiary alicyclic amines) is 1. The van der Waals surface area contributed by atoms with Gasteiger partial charge in [0.1, 0.15) is 0 Å². The highest BCUT2D eigenvalue weighted by atomic mass is 35.5. The highest BCUT2D eigenvalue weighted by Gasteiger charge is 2.27. The van der Waals surface area contributed by atoms with E-state index in [0.29, 0.717) is 12.5 Å². The van der Waals surface area contributed by atoms with E-state index in [9.17, 15) is 4.79 Å². The zero-order valence-corrected chi connectivity index (χ0v) is 16.6. The quantitative estimate of drug-likeness (QED) is 0.703. The van der Waals surface area contributed by atoms with Crippen LogP contribution in [0.2, 0.25) is 0 Å². The van der Waals surface area contributed by atoms with Crippen LogP contribution < -0.4 is 5.73 Å². The van der Waals surface area contributed by atoms with E-state index in [0.717, 1.165) is 46.5 Å². The van der Waals surface area contributed by atoms with Crippen molar-refractivity contribution in [3.05, 3.63) is 53.4 Å². The number of carbonyl (C=O) groups excluding carboxylic acids is 1. The lowest BCUT2D eigenvalue weighted by Crippen LogP contribution is -2.30. The highest BCUT2D eigenvalue weighted by molar-refractivity contribution is 7.13. The minimum absolute atomic E-state index is 0. The van der Waals surface area contributed by atoms with Crippen LogP contribution in [0, 0.1) is 5.92 Å². The smallest absolute Gasteiger partial charge is 0.254 e. The number of benzene rings is 1. The summed E-state index contributed by atoms with van der Waals surface area (Å²) in [5, 5.41) is 2.94. The molecule has 1 saturated heterocycles. The lowest BCUT2D eigenvalue weighted by molar-refractivity contribution is 0.0789. The van der Waals surface area contributed by atoms with E-state index in [1.807, 2.05) is 52.7 Å². The first-order valence-electron chi connectivity index (χ1n) is 8.19. The van der Waals surface area contributed by atoms with Gasteiger partial charge in [-0.1, -0.05) is 24.3 Å². The number of nitrogens with two attached hydrogens (primary N) is 1. The summed E-state index contributed by atoms with van der Waals surface area (Å²) in [6, 6.07) is 13.8. The first kappa shape index (κ1) is 20.6. The molecule has 4 nitrogen and oxygen atoms in total. The van der Waals surface area contributed by atoms with Gasteiger partial charge in [-0.25, -0.2) is 4.98 Å². The van der Waals surface area contributed by atoms with Gasteiger partial charge in [0.05, 0.1) is 21.7 Å². The van der Waals surface area contributed by atoms with Crippen LogP contribution in [-0.2, 0) is 0 Å². The number of nitrogens with zero attached hydrogens (tertiary/aromatic N) is 2. The molecule has 3 heterocycles. The lowest BCUT2D eigenvalue weighted by atomic mass is 10.1. The summed E-state index contributed by atoms with van der Waals surface area (Å²) in [6.45, 7) is 2.17. The molecule has 26 heavy (non-hydrogen) atoms. The van der Waals surface area contributed by atoms with Gasteiger partial charge in [0, 0.05) is 18.5 Å². The number of rotatable bonds is 3. The molecule has 2 aromatic heterocycles. The summed E-state index contributed by atoms with van der Waals surface area (Å²) in [5.74, 6) is 0.501. The van der Waals surface area contributed by atoms with Crippen molar-refractivity contribution in [1.29, 1.82) is 0 Å². The Morgan fingerprint density at radius 2 is 2.04 bits per heavy atom. The Morgan fingerprint density at radius 3 is 2.73 bits per heavy atom. The van der Waals surface area contributed by atoms with Crippen molar-refractivity contribution >= 4 is 53.0 Å². The Morgan fingerprint density at radius 1 is 1.23 bits per heavy atom. The molecule has 0 spiro atoms. The van der Waals surface area contributed by atoms with Gasteiger partial charge >= 0.3 is 0 Å². The Hall–Kier alpha value is -1.66. The van der Waals surface area contributed by atoms with Gasteiger partial charge in [0.2, 0.25) is 0 Å². The molecule has 3 aromatic rings. The molecule has 0 aliphatic carbocycles. The fourth-order valence-electron chi connectivity index (χ4n) is 3.28. The minimum atomic E-state index is 0. The van der Waals surface area contributed by atoms with Crippen molar-refractivity contribution in [2.75, 3.05) is 19.6 Å². The summed E-state index contributed by atoms with van der Waals surface area (Å²) in [4.78, 5) is 20.9. The average Bonchev–Trinajstić information content (AvgIpc) is 3.31. The molecule has 0 bridgehead atoms.